The van der Waals surface area contributed by atoms with Gasteiger partial charge in [0.05, 0.1) is 5.97 Å². The molecule has 14 heavy (non-hydrogen) atoms. The molecule has 5 heteroatoms. The molecule has 0 bridgehead atoms. The predicted molar refractivity (Wildman–Crippen MR) is 48.0 cm³/mol. The van der Waals surface area contributed by atoms with Gasteiger partial charge in [-0.3, -0.25) is 0 Å². The van der Waals surface area contributed by atoms with Gasteiger partial charge in [0, 0.05) is 6.54 Å². The Balaban J connectivity index is 0. The Hall–Kier alpha value is 0.390. The van der Waals surface area contributed by atoms with Gasteiger partial charge in [-0.15, -0.1) is 0 Å². The summed E-state index contributed by atoms with van der Waals surface area (Å²) >= 11 is 0. The fraction of sp³-hybridized carbons (Fsp3) is 0.889. The van der Waals surface area contributed by atoms with Crippen molar-refractivity contribution >= 4 is 5.97 Å². The minimum absolute atomic E-state index is 0. The van der Waals surface area contributed by atoms with Crippen molar-refractivity contribution in [3.63, 3.8) is 0 Å². The van der Waals surface area contributed by atoms with E-state index in [4.69, 9.17) is 5.11 Å². The van der Waals surface area contributed by atoms with Crippen molar-refractivity contribution in [3.05, 3.63) is 0 Å². The first-order valence-electron chi connectivity index (χ1n) is 4.73. The topological polar surface area (TPSA) is 63.6 Å². The van der Waals surface area contributed by atoms with Gasteiger partial charge in [-0.25, -0.2) is 0 Å². The van der Waals surface area contributed by atoms with Crippen LogP contribution in [-0.4, -0.2) is 41.7 Å². The average Bonchev–Trinajstić information content (AvgIpc) is 2.05. The fourth-order valence-electron chi connectivity index (χ4n) is 1.25. The summed E-state index contributed by atoms with van der Waals surface area (Å²) in [6.45, 7) is 5.85. The summed E-state index contributed by atoms with van der Waals surface area (Å²) in [5.41, 5.74) is 0. The van der Waals surface area contributed by atoms with E-state index in [1.165, 1.54) is 0 Å². The summed E-state index contributed by atoms with van der Waals surface area (Å²) in [6, 6.07) is 0. The number of aliphatic hydroxyl groups excluding tert-OH is 1. The molecule has 0 aliphatic rings. The first kappa shape index (κ1) is 16.8. The number of carbonyl (C=O) groups is 1. The van der Waals surface area contributed by atoms with Gasteiger partial charge in [0.1, 0.15) is 6.10 Å². The van der Waals surface area contributed by atoms with Gasteiger partial charge in [0.15, 0.2) is 0 Å². The Labute approximate surface area is 108 Å². The third-order valence-electron chi connectivity index (χ3n) is 1.78. The van der Waals surface area contributed by atoms with Crippen molar-refractivity contribution in [2.75, 3.05) is 19.6 Å². The van der Waals surface area contributed by atoms with Crippen LogP contribution >= 0.6 is 0 Å². The monoisotopic (exact) mass is 211 g/mol. The van der Waals surface area contributed by atoms with Crippen molar-refractivity contribution in [3.8, 4) is 0 Å². The zero-order valence-corrected chi connectivity index (χ0v) is 11.3. The van der Waals surface area contributed by atoms with Gasteiger partial charge in [0.25, 0.3) is 0 Å². The summed E-state index contributed by atoms with van der Waals surface area (Å²) < 4.78 is 0. The molecule has 78 valence electrons. The third kappa shape index (κ3) is 7.76. The third-order valence-corrected chi connectivity index (χ3v) is 1.78. The molecule has 0 saturated heterocycles. The number of rotatable bonds is 7. The number of aliphatic carboxylic acids is 1. The van der Waals surface area contributed by atoms with Crippen LogP contribution in [0.15, 0.2) is 0 Å². The zero-order valence-electron chi connectivity index (χ0n) is 9.32. The smallest absolute Gasteiger partial charge is 0.547 e. The van der Waals surface area contributed by atoms with Gasteiger partial charge in [-0.2, -0.15) is 0 Å². The van der Waals surface area contributed by atoms with E-state index >= 15 is 0 Å². The molecule has 0 amide bonds. The largest absolute Gasteiger partial charge is 1.00 e. The van der Waals surface area contributed by atoms with Crippen molar-refractivity contribution in [1.82, 2.24) is 4.90 Å². The van der Waals surface area contributed by atoms with Crippen LogP contribution in [-0.2, 0) is 4.79 Å². The maximum absolute atomic E-state index is 10.3. The Bertz CT molecular complexity index is 149. The van der Waals surface area contributed by atoms with E-state index in [1.54, 1.807) is 0 Å². The van der Waals surface area contributed by atoms with Gasteiger partial charge < -0.3 is 19.9 Å². The van der Waals surface area contributed by atoms with Crippen molar-refractivity contribution in [1.29, 1.82) is 0 Å². The van der Waals surface area contributed by atoms with Crippen LogP contribution in [0.4, 0.5) is 0 Å². The summed E-state index contributed by atoms with van der Waals surface area (Å²) in [5, 5.41) is 19.3. The molecule has 0 aromatic carbocycles. The van der Waals surface area contributed by atoms with Gasteiger partial charge in [-0.05, 0) is 25.9 Å². The van der Waals surface area contributed by atoms with Crippen molar-refractivity contribution in [2.24, 2.45) is 0 Å². The minimum atomic E-state index is -1.39. The van der Waals surface area contributed by atoms with Crippen LogP contribution in [0.1, 0.15) is 26.7 Å². The number of carboxylic acids is 1. The fourth-order valence-corrected chi connectivity index (χ4v) is 1.25. The number of carbonyl (C=O) groups excluding carboxylic acids is 1. The van der Waals surface area contributed by atoms with Crippen LogP contribution in [0.3, 0.4) is 0 Å². The van der Waals surface area contributed by atoms with Gasteiger partial charge in [0.2, 0.25) is 0 Å². The molecule has 0 aromatic rings. The first-order chi connectivity index (χ1) is 6.11. The van der Waals surface area contributed by atoms with E-state index in [2.05, 4.69) is 0 Å². The Morgan fingerprint density at radius 3 is 2.07 bits per heavy atom. The first-order valence-corrected chi connectivity index (χ1v) is 4.73. The Morgan fingerprint density at radius 1 is 1.36 bits per heavy atom. The van der Waals surface area contributed by atoms with Crippen molar-refractivity contribution < 1.29 is 44.6 Å². The molecular weight excluding hydrogens is 193 g/mol. The molecule has 0 aliphatic carbocycles. The second kappa shape index (κ2) is 9.93. The molecule has 0 fully saturated rings. The summed E-state index contributed by atoms with van der Waals surface area (Å²) in [5.74, 6) is -1.39. The molecule has 4 nitrogen and oxygen atoms in total. The number of carboxylic acid groups (broad SMARTS) is 1. The van der Waals surface area contributed by atoms with E-state index in [0.717, 1.165) is 25.9 Å². The van der Waals surface area contributed by atoms with Crippen molar-refractivity contribution in [2.45, 2.75) is 32.8 Å². The molecule has 0 aromatic heterocycles. The molecule has 0 radical (unpaired) electrons. The molecule has 0 aliphatic heterocycles. The molecule has 0 heterocycles. The minimum Gasteiger partial charge on any atom is -0.547 e. The molecular formula is C9H18NNaO3. The SMILES string of the molecule is CCCN(CCC)CC(O)C(=O)[O-].[Na+]. The number of nitrogens with zero attached hydrogens (tertiary/aromatic N) is 1. The van der Waals surface area contributed by atoms with E-state index < -0.39 is 12.1 Å². The van der Waals surface area contributed by atoms with E-state index in [9.17, 15) is 9.90 Å². The molecule has 1 N–H and O–H groups in total. The predicted octanol–water partition coefficient (Wildman–Crippen LogP) is -3.78. The van der Waals surface area contributed by atoms with Gasteiger partial charge >= 0.3 is 29.6 Å². The second-order valence-electron chi connectivity index (χ2n) is 3.14. The van der Waals surface area contributed by atoms with Crippen LogP contribution in [0.5, 0.6) is 0 Å². The summed E-state index contributed by atoms with van der Waals surface area (Å²) in [4.78, 5) is 12.2. The Kier molecular flexibility index (Phi) is 11.9. The molecule has 1 unspecified atom stereocenters. The number of hydrogen-bond acceptors (Lipinski definition) is 4. The normalized spacial score (nSPS) is 12.3. The molecule has 1 atom stereocenters. The summed E-state index contributed by atoms with van der Waals surface area (Å²) in [6.07, 6.45) is 0.553. The second-order valence-corrected chi connectivity index (χ2v) is 3.14. The van der Waals surface area contributed by atoms with Crippen LogP contribution < -0.4 is 34.7 Å². The molecule has 0 saturated carbocycles. The van der Waals surface area contributed by atoms with Crippen LogP contribution in [0.25, 0.3) is 0 Å². The maximum atomic E-state index is 10.3. The number of hydrogen-bond donors (Lipinski definition) is 1. The quantitative estimate of drug-likeness (QED) is 0.439. The average molecular weight is 211 g/mol. The van der Waals surface area contributed by atoms with E-state index in [-0.39, 0.29) is 36.1 Å². The zero-order chi connectivity index (χ0) is 10.3. The maximum Gasteiger partial charge on any atom is 1.00 e. The molecule has 0 spiro atoms. The number of aliphatic hydroxyl groups is 1. The van der Waals surface area contributed by atoms with Crippen LogP contribution in [0, 0.1) is 0 Å². The van der Waals surface area contributed by atoms with Crippen LogP contribution in [0.2, 0.25) is 0 Å². The van der Waals surface area contributed by atoms with Gasteiger partial charge in [-0.1, -0.05) is 13.8 Å². The summed E-state index contributed by atoms with van der Waals surface area (Å²) in [7, 11) is 0. The van der Waals surface area contributed by atoms with E-state index in [0.29, 0.717) is 0 Å². The Morgan fingerprint density at radius 2 is 1.79 bits per heavy atom. The molecule has 0 rings (SSSR count). The standard InChI is InChI=1S/C9H19NO3.Na/c1-3-5-10(6-4-2)7-8(11)9(12)13;/h8,11H,3-7H2,1-2H3,(H,12,13);/q;+1/p-1. The van der Waals surface area contributed by atoms with E-state index in [1.807, 2.05) is 18.7 Å².